The second-order valence-electron chi connectivity index (χ2n) is 5.11. The zero-order valence-corrected chi connectivity index (χ0v) is 12.8. The molecule has 0 spiro atoms. The molecule has 1 aromatic heterocycles. The van der Waals surface area contributed by atoms with E-state index >= 15 is 0 Å². The van der Waals surface area contributed by atoms with Crippen LogP contribution >= 0.6 is 11.3 Å². The highest BCUT2D eigenvalue weighted by Gasteiger charge is 2.09. The van der Waals surface area contributed by atoms with Crippen LogP contribution in [0, 0.1) is 6.92 Å². The molecule has 0 bridgehead atoms. The van der Waals surface area contributed by atoms with Gasteiger partial charge in [-0.15, -0.1) is 0 Å². The SMILES string of the molecule is Cc1ccc(OCC(O)CN(C)Cc2ccsc2)cc1. The van der Waals surface area contributed by atoms with Crippen LogP contribution in [0.2, 0.25) is 0 Å². The van der Waals surface area contributed by atoms with Crippen molar-refractivity contribution in [1.29, 1.82) is 0 Å². The van der Waals surface area contributed by atoms with Crippen molar-refractivity contribution in [3.8, 4) is 5.75 Å². The summed E-state index contributed by atoms with van der Waals surface area (Å²) in [4.78, 5) is 2.10. The Morgan fingerprint density at radius 3 is 2.65 bits per heavy atom. The van der Waals surface area contributed by atoms with Crippen molar-refractivity contribution >= 4 is 11.3 Å². The Morgan fingerprint density at radius 2 is 2.00 bits per heavy atom. The summed E-state index contributed by atoms with van der Waals surface area (Å²) in [5.74, 6) is 0.801. The highest BCUT2D eigenvalue weighted by molar-refractivity contribution is 7.07. The second kappa shape index (κ2) is 7.43. The molecule has 0 saturated heterocycles. The van der Waals surface area contributed by atoms with Gasteiger partial charge in [-0.25, -0.2) is 0 Å². The van der Waals surface area contributed by atoms with Crippen LogP contribution in [0.5, 0.6) is 5.75 Å². The highest BCUT2D eigenvalue weighted by atomic mass is 32.1. The van der Waals surface area contributed by atoms with Gasteiger partial charge in [-0.05, 0) is 48.5 Å². The first kappa shape index (κ1) is 15.0. The number of hydrogen-bond acceptors (Lipinski definition) is 4. The van der Waals surface area contributed by atoms with Crippen LogP contribution < -0.4 is 4.74 Å². The summed E-state index contributed by atoms with van der Waals surface area (Å²) >= 11 is 1.70. The highest BCUT2D eigenvalue weighted by Crippen LogP contribution is 2.12. The van der Waals surface area contributed by atoms with E-state index in [9.17, 15) is 5.11 Å². The average Bonchev–Trinajstić information content (AvgIpc) is 2.90. The fraction of sp³-hybridized carbons (Fsp3) is 0.375. The van der Waals surface area contributed by atoms with E-state index in [1.54, 1.807) is 11.3 Å². The Kier molecular flexibility index (Phi) is 5.59. The number of rotatable bonds is 7. The molecule has 108 valence electrons. The molecule has 1 aromatic carbocycles. The van der Waals surface area contributed by atoms with Crippen molar-refractivity contribution in [3.63, 3.8) is 0 Å². The predicted octanol–water partition coefficient (Wildman–Crippen LogP) is 2.93. The van der Waals surface area contributed by atoms with E-state index in [2.05, 4.69) is 21.7 Å². The van der Waals surface area contributed by atoms with Crippen molar-refractivity contribution in [2.45, 2.75) is 19.6 Å². The first-order valence-electron chi connectivity index (χ1n) is 6.70. The number of benzene rings is 1. The molecule has 0 radical (unpaired) electrons. The number of thiophene rings is 1. The standard InChI is InChI=1S/C16H21NO2S/c1-13-3-5-16(6-4-13)19-11-15(18)10-17(2)9-14-7-8-20-12-14/h3-8,12,15,18H,9-11H2,1-2H3. The van der Waals surface area contributed by atoms with Crippen LogP contribution in [0.1, 0.15) is 11.1 Å². The van der Waals surface area contributed by atoms with Gasteiger partial charge in [0.15, 0.2) is 0 Å². The van der Waals surface area contributed by atoms with E-state index in [-0.39, 0.29) is 0 Å². The van der Waals surface area contributed by atoms with Crippen molar-refractivity contribution in [2.24, 2.45) is 0 Å². The van der Waals surface area contributed by atoms with Crippen molar-refractivity contribution < 1.29 is 9.84 Å². The first-order valence-corrected chi connectivity index (χ1v) is 7.65. The summed E-state index contributed by atoms with van der Waals surface area (Å²) in [6.45, 7) is 3.81. The molecular weight excluding hydrogens is 270 g/mol. The summed E-state index contributed by atoms with van der Waals surface area (Å²) in [5, 5.41) is 14.2. The van der Waals surface area contributed by atoms with E-state index < -0.39 is 6.10 Å². The molecule has 0 aliphatic heterocycles. The summed E-state index contributed by atoms with van der Waals surface area (Å²) < 4.78 is 5.58. The number of ether oxygens (including phenoxy) is 1. The molecule has 1 N–H and O–H groups in total. The molecular formula is C16H21NO2S. The maximum Gasteiger partial charge on any atom is 0.119 e. The molecule has 0 amide bonds. The lowest BCUT2D eigenvalue weighted by Gasteiger charge is -2.20. The van der Waals surface area contributed by atoms with Crippen molar-refractivity contribution in [2.75, 3.05) is 20.2 Å². The van der Waals surface area contributed by atoms with Gasteiger partial charge in [0.1, 0.15) is 18.5 Å². The molecule has 0 aliphatic rings. The van der Waals surface area contributed by atoms with Gasteiger partial charge in [0, 0.05) is 13.1 Å². The zero-order valence-electron chi connectivity index (χ0n) is 12.0. The molecule has 4 heteroatoms. The quantitative estimate of drug-likeness (QED) is 0.851. The van der Waals surface area contributed by atoms with Crippen LogP contribution in [-0.4, -0.2) is 36.3 Å². The molecule has 0 fully saturated rings. The third-order valence-electron chi connectivity index (χ3n) is 3.02. The Balaban J connectivity index is 1.71. The molecule has 1 atom stereocenters. The molecule has 1 heterocycles. The monoisotopic (exact) mass is 291 g/mol. The predicted molar refractivity (Wildman–Crippen MR) is 83.3 cm³/mol. The normalized spacial score (nSPS) is 12.6. The fourth-order valence-corrected chi connectivity index (χ4v) is 2.66. The van der Waals surface area contributed by atoms with E-state index in [4.69, 9.17) is 4.74 Å². The van der Waals surface area contributed by atoms with E-state index in [0.29, 0.717) is 13.2 Å². The third kappa shape index (κ3) is 4.96. The smallest absolute Gasteiger partial charge is 0.119 e. The summed E-state index contributed by atoms with van der Waals surface area (Å²) in [5.41, 5.74) is 2.48. The van der Waals surface area contributed by atoms with Crippen LogP contribution in [0.25, 0.3) is 0 Å². The van der Waals surface area contributed by atoms with Gasteiger partial charge in [-0.1, -0.05) is 17.7 Å². The molecule has 20 heavy (non-hydrogen) atoms. The second-order valence-corrected chi connectivity index (χ2v) is 5.89. The van der Waals surface area contributed by atoms with E-state index in [1.165, 1.54) is 11.1 Å². The molecule has 0 saturated carbocycles. The minimum absolute atomic E-state index is 0.317. The molecule has 0 aliphatic carbocycles. The van der Waals surface area contributed by atoms with Crippen LogP contribution in [-0.2, 0) is 6.54 Å². The fourth-order valence-electron chi connectivity index (χ4n) is 2.00. The average molecular weight is 291 g/mol. The maximum absolute atomic E-state index is 10.0. The van der Waals surface area contributed by atoms with Gasteiger partial charge in [-0.3, -0.25) is 4.90 Å². The van der Waals surface area contributed by atoms with E-state index in [0.717, 1.165) is 12.3 Å². The summed E-state index contributed by atoms with van der Waals surface area (Å²) in [6, 6.07) is 9.97. The number of hydrogen-bond donors (Lipinski definition) is 1. The number of aliphatic hydroxyl groups excluding tert-OH is 1. The number of aliphatic hydroxyl groups is 1. The zero-order chi connectivity index (χ0) is 14.4. The topological polar surface area (TPSA) is 32.7 Å². The Hall–Kier alpha value is -1.36. The lowest BCUT2D eigenvalue weighted by atomic mass is 10.2. The van der Waals surface area contributed by atoms with Gasteiger partial charge in [0.2, 0.25) is 0 Å². The minimum atomic E-state index is -0.486. The maximum atomic E-state index is 10.0. The number of likely N-dealkylation sites (N-methyl/N-ethyl adjacent to an activating group) is 1. The van der Waals surface area contributed by atoms with Crippen molar-refractivity contribution in [1.82, 2.24) is 4.90 Å². The van der Waals surface area contributed by atoms with Crippen LogP contribution in [0.15, 0.2) is 41.1 Å². The van der Waals surface area contributed by atoms with Crippen molar-refractivity contribution in [3.05, 3.63) is 52.2 Å². The molecule has 3 nitrogen and oxygen atoms in total. The largest absolute Gasteiger partial charge is 0.491 e. The molecule has 2 rings (SSSR count). The minimum Gasteiger partial charge on any atom is -0.491 e. The Morgan fingerprint density at radius 1 is 1.25 bits per heavy atom. The first-order chi connectivity index (χ1) is 9.63. The molecule has 1 unspecified atom stereocenters. The Bertz CT molecular complexity index is 496. The lowest BCUT2D eigenvalue weighted by Crippen LogP contribution is -2.32. The summed E-state index contributed by atoms with van der Waals surface area (Å²) in [6.07, 6.45) is -0.486. The number of aryl methyl sites for hydroxylation is 1. The lowest BCUT2D eigenvalue weighted by molar-refractivity contribution is 0.0744. The number of nitrogens with zero attached hydrogens (tertiary/aromatic N) is 1. The Labute approximate surface area is 124 Å². The van der Waals surface area contributed by atoms with Crippen LogP contribution in [0.4, 0.5) is 0 Å². The van der Waals surface area contributed by atoms with Gasteiger partial charge in [0.25, 0.3) is 0 Å². The van der Waals surface area contributed by atoms with Gasteiger partial charge in [-0.2, -0.15) is 11.3 Å². The summed E-state index contributed by atoms with van der Waals surface area (Å²) in [7, 11) is 2.01. The van der Waals surface area contributed by atoms with Gasteiger partial charge < -0.3 is 9.84 Å². The van der Waals surface area contributed by atoms with E-state index in [1.807, 2.05) is 38.2 Å². The van der Waals surface area contributed by atoms with Crippen LogP contribution in [0.3, 0.4) is 0 Å². The third-order valence-corrected chi connectivity index (χ3v) is 3.75. The van der Waals surface area contributed by atoms with Gasteiger partial charge in [0.05, 0.1) is 0 Å². The molecule has 2 aromatic rings. The van der Waals surface area contributed by atoms with Gasteiger partial charge >= 0.3 is 0 Å².